The van der Waals surface area contributed by atoms with Gasteiger partial charge >= 0.3 is 0 Å². The first-order chi connectivity index (χ1) is 9.63. The van der Waals surface area contributed by atoms with E-state index < -0.39 is 0 Å². The van der Waals surface area contributed by atoms with Crippen molar-refractivity contribution >= 4 is 5.78 Å². The lowest BCUT2D eigenvalue weighted by atomic mass is 10.1. The first-order valence-corrected chi connectivity index (χ1v) is 6.92. The van der Waals surface area contributed by atoms with Crippen LogP contribution in [0.25, 0.3) is 0 Å². The van der Waals surface area contributed by atoms with Gasteiger partial charge in [0.2, 0.25) is 0 Å². The molecule has 20 heavy (non-hydrogen) atoms. The maximum absolute atomic E-state index is 11.0. The van der Waals surface area contributed by atoms with Crippen LogP contribution < -0.4 is 4.74 Å². The van der Waals surface area contributed by atoms with Crippen molar-refractivity contribution in [3.05, 3.63) is 65.7 Å². The van der Waals surface area contributed by atoms with Gasteiger partial charge in [0, 0.05) is 6.42 Å². The first-order valence-electron chi connectivity index (χ1n) is 6.92. The smallest absolute Gasteiger partial charge is 0.133 e. The van der Waals surface area contributed by atoms with Crippen molar-refractivity contribution in [2.75, 3.05) is 0 Å². The lowest BCUT2D eigenvalue weighted by Gasteiger charge is -2.13. The minimum atomic E-state index is -0.0764. The minimum Gasteiger partial charge on any atom is -0.490 e. The molecular formula is C18H20O2. The molecule has 104 valence electrons. The Kier molecular flexibility index (Phi) is 4.94. The summed E-state index contributed by atoms with van der Waals surface area (Å²) in [5.74, 6) is 0.966. The third-order valence-corrected chi connectivity index (χ3v) is 3.09. The normalized spacial score (nSPS) is 11.9. The van der Waals surface area contributed by atoms with Gasteiger partial charge in [-0.25, -0.2) is 0 Å². The molecular weight excluding hydrogens is 248 g/mol. The third-order valence-electron chi connectivity index (χ3n) is 3.09. The molecule has 1 unspecified atom stereocenters. The zero-order chi connectivity index (χ0) is 14.4. The summed E-state index contributed by atoms with van der Waals surface area (Å²) in [6, 6.07) is 18.5. The van der Waals surface area contributed by atoms with Gasteiger partial charge in [0.15, 0.2) is 0 Å². The zero-order valence-corrected chi connectivity index (χ0v) is 12.0. The Morgan fingerprint density at radius 2 is 1.60 bits per heavy atom. The second-order valence-corrected chi connectivity index (χ2v) is 5.14. The Balaban J connectivity index is 1.94. The van der Waals surface area contributed by atoms with Crippen molar-refractivity contribution in [2.24, 2.45) is 0 Å². The molecule has 0 aliphatic rings. The molecule has 0 spiro atoms. The van der Waals surface area contributed by atoms with E-state index in [9.17, 15) is 4.79 Å². The van der Waals surface area contributed by atoms with Crippen LogP contribution in [0.15, 0.2) is 54.6 Å². The standard InChI is InChI=1S/C18H20O2/c1-14(19)12-15(2)20-18-10-8-17(9-11-18)13-16-6-4-3-5-7-16/h3-11,15H,12-13H2,1-2H3. The van der Waals surface area contributed by atoms with Gasteiger partial charge in [-0.15, -0.1) is 0 Å². The Morgan fingerprint density at radius 3 is 2.20 bits per heavy atom. The van der Waals surface area contributed by atoms with Crippen LogP contribution in [0.1, 0.15) is 31.4 Å². The molecule has 0 bridgehead atoms. The number of ether oxygens (including phenoxy) is 1. The van der Waals surface area contributed by atoms with Gasteiger partial charge in [-0.3, -0.25) is 4.79 Å². The lowest BCUT2D eigenvalue weighted by Crippen LogP contribution is -2.15. The molecule has 1 atom stereocenters. The van der Waals surface area contributed by atoms with E-state index in [1.54, 1.807) is 6.92 Å². The maximum Gasteiger partial charge on any atom is 0.133 e. The van der Waals surface area contributed by atoms with Crippen LogP contribution in [0.5, 0.6) is 5.75 Å². The average molecular weight is 268 g/mol. The van der Waals surface area contributed by atoms with Crippen LogP contribution in [0.2, 0.25) is 0 Å². The average Bonchev–Trinajstić information content (AvgIpc) is 2.41. The van der Waals surface area contributed by atoms with E-state index in [1.807, 2.05) is 25.1 Å². The summed E-state index contributed by atoms with van der Waals surface area (Å²) in [5.41, 5.74) is 2.55. The van der Waals surface area contributed by atoms with E-state index in [-0.39, 0.29) is 11.9 Å². The summed E-state index contributed by atoms with van der Waals surface area (Å²) in [4.78, 5) is 11.0. The fourth-order valence-corrected chi connectivity index (χ4v) is 2.20. The number of Topliss-reactive ketones (excluding diaryl/α,β-unsaturated/α-hetero) is 1. The van der Waals surface area contributed by atoms with Crippen molar-refractivity contribution in [1.82, 2.24) is 0 Å². The van der Waals surface area contributed by atoms with Crippen LogP contribution in [0, 0.1) is 0 Å². The molecule has 2 nitrogen and oxygen atoms in total. The Hall–Kier alpha value is -2.09. The monoisotopic (exact) mass is 268 g/mol. The van der Waals surface area contributed by atoms with Gasteiger partial charge in [0.05, 0.1) is 0 Å². The summed E-state index contributed by atoms with van der Waals surface area (Å²) in [7, 11) is 0. The van der Waals surface area contributed by atoms with Crippen molar-refractivity contribution in [3.8, 4) is 5.75 Å². The van der Waals surface area contributed by atoms with Crippen LogP contribution in [0.3, 0.4) is 0 Å². The molecule has 2 aromatic carbocycles. The predicted octanol–water partition coefficient (Wildman–Crippen LogP) is 4.02. The van der Waals surface area contributed by atoms with E-state index in [0.717, 1.165) is 12.2 Å². The minimum absolute atomic E-state index is 0.0764. The van der Waals surface area contributed by atoms with Gasteiger partial charge in [-0.2, -0.15) is 0 Å². The molecule has 0 radical (unpaired) electrons. The van der Waals surface area contributed by atoms with Crippen molar-refractivity contribution in [3.63, 3.8) is 0 Å². The Bertz CT molecular complexity index is 543. The van der Waals surface area contributed by atoms with Gasteiger partial charge in [0.1, 0.15) is 17.6 Å². The number of carbonyl (C=O) groups is 1. The summed E-state index contributed by atoms with van der Waals surface area (Å²) in [5, 5.41) is 0. The number of rotatable bonds is 6. The van der Waals surface area contributed by atoms with E-state index >= 15 is 0 Å². The van der Waals surface area contributed by atoms with Gasteiger partial charge in [-0.05, 0) is 43.5 Å². The number of hydrogen-bond donors (Lipinski definition) is 0. The highest BCUT2D eigenvalue weighted by Crippen LogP contribution is 2.17. The highest BCUT2D eigenvalue weighted by atomic mass is 16.5. The van der Waals surface area contributed by atoms with E-state index in [2.05, 4.69) is 36.4 Å². The largest absolute Gasteiger partial charge is 0.490 e. The Morgan fingerprint density at radius 1 is 1.00 bits per heavy atom. The van der Waals surface area contributed by atoms with Crippen LogP contribution >= 0.6 is 0 Å². The van der Waals surface area contributed by atoms with Crippen molar-refractivity contribution in [1.29, 1.82) is 0 Å². The molecule has 0 aliphatic heterocycles. The second-order valence-electron chi connectivity index (χ2n) is 5.14. The van der Waals surface area contributed by atoms with Gasteiger partial charge in [0.25, 0.3) is 0 Å². The fourth-order valence-electron chi connectivity index (χ4n) is 2.20. The van der Waals surface area contributed by atoms with Crippen LogP contribution in [0.4, 0.5) is 0 Å². The van der Waals surface area contributed by atoms with Crippen molar-refractivity contribution in [2.45, 2.75) is 32.8 Å². The molecule has 0 saturated carbocycles. The van der Waals surface area contributed by atoms with Gasteiger partial charge in [-0.1, -0.05) is 42.5 Å². The molecule has 2 rings (SSSR count). The molecule has 0 saturated heterocycles. The maximum atomic E-state index is 11.0. The summed E-state index contributed by atoms with van der Waals surface area (Å²) in [6.07, 6.45) is 1.29. The summed E-state index contributed by atoms with van der Waals surface area (Å²) < 4.78 is 5.71. The number of ketones is 1. The highest BCUT2D eigenvalue weighted by Gasteiger charge is 2.07. The van der Waals surface area contributed by atoms with E-state index in [4.69, 9.17) is 4.74 Å². The lowest BCUT2D eigenvalue weighted by molar-refractivity contribution is -0.118. The quantitative estimate of drug-likeness (QED) is 0.791. The molecule has 2 aromatic rings. The molecule has 0 heterocycles. The van der Waals surface area contributed by atoms with E-state index in [1.165, 1.54) is 11.1 Å². The highest BCUT2D eigenvalue weighted by molar-refractivity contribution is 5.75. The first kappa shape index (κ1) is 14.3. The summed E-state index contributed by atoms with van der Waals surface area (Å²) >= 11 is 0. The SMILES string of the molecule is CC(=O)CC(C)Oc1ccc(Cc2ccccc2)cc1. The number of hydrogen-bond acceptors (Lipinski definition) is 2. The zero-order valence-electron chi connectivity index (χ0n) is 12.0. The topological polar surface area (TPSA) is 26.3 Å². The second kappa shape index (κ2) is 6.90. The summed E-state index contributed by atoms with van der Waals surface area (Å²) in [6.45, 7) is 3.50. The van der Waals surface area contributed by atoms with Gasteiger partial charge < -0.3 is 4.74 Å². The van der Waals surface area contributed by atoms with Crippen LogP contribution in [-0.2, 0) is 11.2 Å². The predicted molar refractivity (Wildman–Crippen MR) is 81.1 cm³/mol. The molecule has 0 aromatic heterocycles. The molecule has 0 N–H and O–H groups in total. The number of benzene rings is 2. The number of carbonyl (C=O) groups excluding carboxylic acids is 1. The molecule has 0 fully saturated rings. The van der Waals surface area contributed by atoms with Crippen LogP contribution in [-0.4, -0.2) is 11.9 Å². The van der Waals surface area contributed by atoms with Crippen molar-refractivity contribution < 1.29 is 9.53 Å². The fraction of sp³-hybridized carbons (Fsp3) is 0.278. The third kappa shape index (κ3) is 4.54. The van der Waals surface area contributed by atoms with E-state index in [0.29, 0.717) is 6.42 Å². The molecule has 2 heteroatoms. The Labute approximate surface area is 120 Å². The molecule has 0 amide bonds. The molecule has 0 aliphatic carbocycles.